The fourth-order valence-corrected chi connectivity index (χ4v) is 4.86. The van der Waals surface area contributed by atoms with E-state index in [-0.39, 0.29) is 23.9 Å². The molecule has 9 heteroatoms. The average Bonchev–Trinajstić information content (AvgIpc) is 3.51. The Balaban J connectivity index is 1.31. The fraction of sp³-hybridized carbons (Fsp3) is 0.559. The molecule has 2 amide bonds. The Kier molecular flexibility index (Phi) is 15.2. The number of rotatable bonds is 19. The number of hydroxylamine groups is 1. The molecule has 0 aromatic heterocycles. The third-order valence-corrected chi connectivity index (χ3v) is 7.26. The number of carbonyl (C=O) groups is 3. The molecule has 2 aromatic carbocycles. The van der Waals surface area contributed by atoms with Crippen LogP contribution in [0, 0.1) is 5.92 Å². The molecule has 0 bridgehead atoms. The third kappa shape index (κ3) is 13.7. The van der Waals surface area contributed by atoms with Crippen LogP contribution in [0.5, 0.6) is 0 Å². The highest BCUT2D eigenvalue weighted by molar-refractivity contribution is 5.90. The quantitative estimate of drug-likeness (QED) is 0.0750. The lowest BCUT2D eigenvalue weighted by atomic mass is 10.1. The van der Waals surface area contributed by atoms with Gasteiger partial charge in [0.15, 0.2) is 6.29 Å². The fourth-order valence-electron chi connectivity index (χ4n) is 4.86. The van der Waals surface area contributed by atoms with Gasteiger partial charge in [-0.15, -0.1) is 0 Å². The molecule has 2 atom stereocenters. The SMILES string of the molecule is CC(C)COC(C)ONC(=O)CCCCCCC(=O)Nc1ccc(CN[C@H](C(=O)OC2CCCC2)c2ccccc2)cc1. The zero-order chi connectivity index (χ0) is 30.9. The first kappa shape index (κ1) is 34.2. The van der Waals surface area contributed by atoms with Gasteiger partial charge in [0.1, 0.15) is 12.1 Å². The predicted octanol–water partition coefficient (Wildman–Crippen LogP) is 6.35. The monoisotopic (exact) mass is 595 g/mol. The lowest BCUT2D eigenvalue weighted by Gasteiger charge is -2.21. The first-order valence-electron chi connectivity index (χ1n) is 15.7. The van der Waals surface area contributed by atoms with E-state index in [2.05, 4.69) is 16.1 Å². The summed E-state index contributed by atoms with van der Waals surface area (Å²) >= 11 is 0. The van der Waals surface area contributed by atoms with Gasteiger partial charge in [-0.25, -0.2) is 15.1 Å². The lowest BCUT2D eigenvalue weighted by Crippen LogP contribution is -2.32. The van der Waals surface area contributed by atoms with Crippen LogP contribution in [0.3, 0.4) is 0 Å². The van der Waals surface area contributed by atoms with Gasteiger partial charge in [-0.1, -0.05) is 69.2 Å². The molecule has 0 aliphatic heterocycles. The minimum atomic E-state index is -0.540. The molecule has 1 fully saturated rings. The van der Waals surface area contributed by atoms with Gasteiger partial charge in [0.2, 0.25) is 11.8 Å². The molecule has 1 aliphatic rings. The molecular weight excluding hydrogens is 546 g/mol. The molecule has 3 N–H and O–H groups in total. The van der Waals surface area contributed by atoms with Crippen molar-refractivity contribution in [2.24, 2.45) is 5.92 Å². The van der Waals surface area contributed by atoms with Crippen molar-refractivity contribution in [2.45, 2.75) is 110 Å². The summed E-state index contributed by atoms with van der Waals surface area (Å²) in [4.78, 5) is 42.5. The Morgan fingerprint density at radius 1 is 0.837 bits per heavy atom. The molecular formula is C34H49N3O6. The largest absolute Gasteiger partial charge is 0.461 e. The van der Waals surface area contributed by atoms with Gasteiger partial charge in [0.25, 0.3) is 0 Å². The van der Waals surface area contributed by atoms with Crippen LogP contribution in [-0.2, 0) is 35.2 Å². The average molecular weight is 596 g/mol. The van der Waals surface area contributed by atoms with Crippen molar-refractivity contribution in [2.75, 3.05) is 11.9 Å². The molecule has 0 saturated heterocycles. The molecule has 3 rings (SSSR count). The van der Waals surface area contributed by atoms with Gasteiger partial charge in [-0.2, -0.15) is 0 Å². The smallest absolute Gasteiger partial charge is 0.328 e. The van der Waals surface area contributed by atoms with Gasteiger partial charge in [0, 0.05) is 25.1 Å². The van der Waals surface area contributed by atoms with Crippen LogP contribution < -0.4 is 16.1 Å². The van der Waals surface area contributed by atoms with Crippen LogP contribution in [0.2, 0.25) is 0 Å². The highest BCUT2D eigenvalue weighted by Crippen LogP contribution is 2.24. The van der Waals surface area contributed by atoms with E-state index < -0.39 is 12.3 Å². The van der Waals surface area contributed by atoms with Crippen LogP contribution in [0.25, 0.3) is 0 Å². The van der Waals surface area contributed by atoms with Crippen molar-refractivity contribution >= 4 is 23.5 Å². The molecule has 1 saturated carbocycles. The van der Waals surface area contributed by atoms with E-state index in [4.69, 9.17) is 14.3 Å². The van der Waals surface area contributed by atoms with Crippen molar-refractivity contribution in [1.29, 1.82) is 0 Å². The zero-order valence-electron chi connectivity index (χ0n) is 25.9. The second-order valence-electron chi connectivity index (χ2n) is 11.7. The summed E-state index contributed by atoms with van der Waals surface area (Å²) in [5.74, 6) is -0.0463. The van der Waals surface area contributed by atoms with E-state index in [1.807, 2.05) is 68.4 Å². The molecule has 1 unspecified atom stereocenters. The van der Waals surface area contributed by atoms with E-state index in [0.29, 0.717) is 31.9 Å². The summed E-state index contributed by atoms with van der Waals surface area (Å²) in [7, 11) is 0. The van der Waals surface area contributed by atoms with Gasteiger partial charge in [0.05, 0.1) is 6.61 Å². The molecule has 236 valence electrons. The first-order chi connectivity index (χ1) is 20.8. The molecule has 2 aromatic rings. The summed E-state index contributed by atoms with van der Waals surface area (Å²) in [6.45, 7) is 6.91. The van der Waals surface area contributed by atoms with Gasteiger partial charge in [-0.05, 0) is 74.6 Å². The highest BCUT2D eigenvalue weighted by Gasteiger charge is 2.26. The maximum absolute atomic E-state index is 13.0. The van der Waals surface area contributed by atoms with E-state index in [1.54, 1.807) is 6.92 Å². The minimum absolute atomic E-state index is 0.0130. The molecule has 0 spiro atoms. The number of esters is 1. The van der Waals surface area contributed by atoms with E-state index >= 15 is 0 Å². The molecule has 9 nitrogen and oxygen atoms in total. The summed E-state index contributed by atoms with van der Waals surface area (Å²) in [5.41, 5.74) is 5.04. The molecule has 1 aliphatic carbocycles. The van der Waals surface area contributed by atoms with Crippen LogP contribution in [0.4, 0.5) is 5.69 Å². The van der Waals surface area contributed by atoms with Crippen LogP contribution in [0.1, 0.15) is 102 Å². The Labute approximate surface area is 256 Å². The highest BCUT2D eigenvalue weighted by atomic mass is 16.8. The number of unbranched alkanes of at least 4 members (excludes halogenated alkanes) is 3. The van der Waals surface area contributed by atoms with Crippen LogP contribution in [0.15, 0.2) is 54.6 Å². The number of hydrogen-bond acceptors (Lipinski definition) is 7. The number of benzene rings is 2. The van der Waals surface area contributed by atoms with E-state index in [0.717, 1.165) is 68.2 Å². The van der Waals surface area contributed by atoms with Crippen molar-refractivity contribution < 1.29 is 28.7 Å². The predicted molar refractivity (Wildman–Crippen MR) is 167 cm³/mol. The van der Waals surface area contributed by atoms with Crippen molar-refractivity contribution in [3.63, 3.8) is 0 Å². The van der Waals surface area contributed by atoms with E-state index in [9.17, 15) is 14.4 Å². The second-order valence-corrected chi connectivity index (χ2v) is 11.7. The summed E-state index contributed by atoms with van der Waals surface area (Å²) in [5, 5.41) is 6.30. The Hall–Kier alpha value is -3.27. The Morgan fingerprint density at radius 3 is 2.14 bits per heavy atom. The Morgan fingerprint density at radius 2 is 1.49 bits per heavy atom. The van der Waals surface area contributed by atoms with Gasteiger partial charge >= 0.3 is 5.97 Å². The Bertz CT molecular complexity index is 1100. The van der Waals surface area contributed by atoms with Crippen molar-refractivity contribution in [3.05, 3.63) is 65.7 Å². The summed E-state index contributed by atoms with van der Waals surface area (Å²) in [6, 6.07) is 16.7. The minimum Gasteiger partial charge on any atom is -0.461 e. The number of ether oxygens (including phenoxy) is 2. The second kappa shape index (κ2) is 19.1. The summed E-state index contributed by atoms with van der Waals surface area (Å²) in [6.07, 6.45) is 7.62. The standard InChI is InChI=1S/C34H49N3O6/c1-25(2)24-41-26(3)43-37-32(39)18-10-5-4-9-17-31(38)36-29-21-19-27(20-22-29)23-35-33(28-13-7-6-8-14-28)34(40)42-30-15-11-12-16-30/h6-8,13-14,19-22,25-26,30,33,35H,4-5,9-12,15-18,23-24H2,1-3H3,(H,36,38)(H,37,39)/t26?,33-/m0/s1. The van der Waals surface area contributed by atoms with Gasteiger partial charge < -0.3 is 14.8 Å². The summed E-state index contributed by atoms with van der Waals surface area (Å²) < 4.78 is 11.2. The maximum atomic E-state index is 13.0. The maximum Gasteiger partial charge on any atom is 0.328 e. The first-order valence-corrected chi connectivity index (χ1v) is 15.7. The number of carbonyl (C=O) groups excluding carboxylic acids is 3. The topological polar surface area (TPSA) is 115 Å². The number of nitrogens with one attached hydrogen (secondary N) is 3. The molecule has 43 heavy (non-hydrogen) atoms. The number of anilines is 1. The number of hydrogen-bond donors (Lipinski definition) is 3. The number of amides is 2. The lowest BCUT2D eigenvalue weighted by molar-refractivity contribution is -0.183. The van der Waals surface area contributed by atoms with E-state index in [1.165, 1.54) is 0 Å². The van der Waals surface area contributed by atoms with Crippen LogP contribution in [-0.4, -0.2) is 36.8 Å². The molecule has 0 radical (unpaired) electrons. The van der Waals surface area contributed by atoms with Crippen LogP contribution >= 0.6 is 0 Å². The molecule has 0 heterocycles. The van der Waals surface area contributed by atoms with Crippen molar-refractivity contribution in [1.82, 2.24) is 10.8 Å². The zero-order valence-corrected chi connectivity index (χ0v) is 25.9. The van der Waals surface area contributed by atoms with Gasteiger partial charge in [-0.3, -0.25) is 14.9 Å². The van der Waals surface area contributed by atoms with Crippen molar-refractivity contribution in [3.8, 4) is 0 Å². The normalized spacial score (nSPS) is 14.8. The third-order valence-electron chi connectivity index (χ3n) is 7.26.